The van der Waals surface area contributed by atoms with Crippen LogP contribution >= 0.6 is 0 Å². The van der Waals surface area contributed by atoms with Crippen LogP contribution in [0.5, 0.6) is 0 Å². The minimum atomic E-state index is -2.76. The van der Waals surface area contributed by atoms with E-state index in [2.05, 4.69) is 4.98 Å². The molecule has 0 saturated heterocycles. The highest BCUT2D eigenvalue weighted by atomic mass is 19.1. The van der Waals surface area contributed by atoms with Gasteiger partial charge in [0.15, 0.2) is 0 Å². The standard InChI is InChI=1S/C6H7FN2/c1-4-5(8)2-3-9-6(4)7/h2-3H,1H3,(H2,8,9)/i1D3,2D,3D. The maximum absolute atomic E-state index is 13.0. The van der Waals surface area contributed by atoms with Crippen molar-refractivity contribution in [3.63, 3.8) is 0 Å². The highest BCUT2D eigenvalue weighted by molar-refractivity contribution is 5.43. The molecular weight excluding hydrogens is 119 g/mol. The van der Waals surface area contributed by atoms with Crippen LogP contribution in [0.3, 0.4) is 0 Å². The zero-order valence-corrected chi connectivity index (χ0v) is 4.40. The molecule has 0 aromatic carbocycles. The number of rotatable bonds is 0. The summed E-state index contributed by atoms with van der Waals surface area (Å²) >= 11 is 0. The van der Waals surface area contributed by atoms with Crippen LogP contribution in [0.1, 0.15) is 12.4 Å². The molecule has 0 bridgehead atoms. The van der Waals surface area contributed by atoms with Gasteiger partial charge in [0.1, 0.15) is 0 Å². The number of aromatic nitrogens is 1. The van der Waals surface area contributed by atoms with E-state index in [0.717, 1.165) is 0 Å². The number of nitrogens with two attached hydrogens (primary N) is 1. The van der Waals surface area contributed by atoms with Gasteiger partial charge >= 0.3 is 0 Å². The smallest absolute Gasteiger partial charge is 0.217 e. The summed E-state index contributed by atoms with van der Waals surface area (Å²) in [4.78, 5) is 2.97. The molecule has 1 rings (SSSR count). The van der Waals surface area contributed by atoms with Gasteiger partial charge in [-0.15, -0.1) is 0 Å². The van der Waals surface area contributed by atoms with Crippen LogP contribution < -0.4 is 5.73 Å². The number of nitrogens with zero attached hydrogens (tertiary/aromatic N) is 1. The molecule has 2 N–H and O–H groups in total. The Balaban J connectivity index is 3.53. The van der Waals surface area contributed by atoms with E-state index in [0.29, 0.717) is 0 Å². The third-order valence-corrected chi connectivity index (χ3v) is 0.820. The lowest BCUT2D eigenvalue weighted by Crippen LogP contribution is -1.94. The Morgan fingerprint density at radius 3 is 3.44 bits per heavy atom. The minimum absolute atomic E-state index is 0.553. The molecule has 0 unspecified atom stereocenters. The SMILES string of the molecule is [2H]c1nc(F)c(C([2H])([2H])[2H])c(N)c1[2H]. The Labute approximate surface area is 59.5 Å². The molecule has 0 amide bonds. The zero-order chi connectivity index (χ0) is 11.1. The summed E-state index contributed by atoms with van der Waals surface area (Å²) < 4.78 is 48.1. The van der Waals surface area contributed by atoms with Gasteiger partial charge in [0.2, 0.25) is 5.95 Å². The van der Waals surface area contributed by atoms with Gasteiger partial charge in [-0.1, -0.05) is 0 Å². The highest BCUT2D eigenvalue weighted by Gasteiger charge is 1.98. The van der Waals surface area contributed by atoms with Gasteiger partial charge in [0.05, 0.1) is 2.74 Å². The summed E-state index contributed by atoms with van der Waals surface area (Å²) in [5, 5.41) is 0. The molecule has 0 fully saturated rings. The molecule has 48 valence electrons. The van der Waals surface area contributed by atoms with Crippen LogP contribution in [0, 0.1) is 12.8 Å². The lowest BCUT2D eigenvalue weighted by molar-refractivity contribution is 0.575. The van der Waals surface area contributed by atoms with Crippen molar-refractivity contribution in [3.05, 3.63) is 23.7 Å². The lowest BCUT2D eigenvalue weighted by atomic mass is 10.3. The molecule has 0 spiro atoms. The van der Waals surface area contributed by atoms with Crippen molar-refractivity contribution in [1.29, 1.82) is 0 Å². The zero-order valence-electron chi connectivity index (χ0n) is 9.40. The minimum Gasteiger partial charge on any atom is -0.398 e. The van der Waals surface area contributed by atoms with E-state index >= 15 is 0 Å². The topological polar surface area (TPSA) is 38.9 Å². The maximum Gasteiger partial charge on any atom is 0.217 e. The van der Waals surface area contributed by atoms with E-state index in [1.54, 1.807) is 0 Å². The fourth-order valence-corrected chi connectivity index (χ4v) is 0.367. The molecule has 9 heavy (non-hydrogen) atoms. The van der Waals surface area contributed by atoms with E-state index in [1.165, 1.54) is 0 Å². The van der Waals surface area contributed by atoms with Crippen LogP contribution in [-0.4, -0.2) is 4.98 Å². The summed E-state index contributed by atoms with van der Waals surface area (Å²) in [5.41, 5.74) is 3.88. The number of hydrogen-bond donors (Lipinski definition) is 1. The van der Waals surface area contributed by atoms with Crippen molar-refractivity contribution in [1.82, 2.24) is 4.98 Å². The maximum atomic E-state index is 13.0. The molecule has 0 aliphatic rings. The number of nitrogen functional groups attached to an aromatic ring is 1. The lowest BCUT2D eigenvalue weighted by Gasteiger charge is -1.96. The number of pyridine rings is 1. The first-order valence-electron chi connectivity index (χ1n) is 4.67. The molecule has 2 nitrogen and oxygen atoms in total. The van der Waals surface area contributed by atoms with Crippen LogP contribution in [0.25, 0.3) is 0 Å². The van der Waals surface area contributed by atoms with Gasteiger partial charge in [-0.05, 0) is 12.9 Å². The molecule has 3 heteroatoms. The van der Waals surface area contributed by atoms with Crippen LogP contribution in [0.15, 0.2) is 12.2 Å². The number of hydrogen-bond acceptors (Lipinski definition) is 2. The molecule has 0 aliphatic heterocycles. The molecule has 0 radical (unpaired) electrons. The summed E-state index contributed by atoms with van der Waals surface area (Å²) in [7, 11) is 0. The fraction of sp³-hybridized carbons (Fsp3) is 0.167. The predicted octanol–water partition coefficient (Wildman–Crippen LogP) is 1.11. The molecule has 1 aromatic heterocycles. The third kappa shape index (κ3) is 0.988. The van der Waals surface area contributed by atoms with Crippen molar-refractivity contribution in [2.45, 2.75) is 6.85 Å². The van der Waals surface area contributed by atoms with Gasteiger partial charge in [-0.2, -0.15) is 4.39 Å². The third-order valence-electron chi connectivity index (χ3n) is 0.820. The summed E-state index contributed by atoms with van der Waals surface area (Å²) in [6, 6.07) is -0.572. The van der Waals surface area contributed by atoms with E-state index in [9.17, 15) is 4.39 Å². The normalized spacial score (nSPS) is 19.0. The van der Waals surface area contributed by atoms with E-state index < -0.39 is 36.3 Å². The van der Waals surface area contributed by atoms with E-state index in [4.69, 9.17) is 12.6 Å². The van der Waals surface area contributed by atoms with E-state index in [-0.39, 0.29) is 0 Å². The molecule has 1 heterocycles. The summed E-state index contributed by atoms with van der Waals surface area (Å²) in [6.07, 6.45) is -0.673. The first-order chi connectivity index (χ1) is 6.25. The van der Waals surface area contributed by atoms with Crippen LogP contribution in [0.4, 0.5) is 10.1 Å². The van der Waals surface area contributed by atoms with Gasteiger partial charge in [-0.3, -0.25) is 0 Å². The molecule has 0 atom stereocenters. The van der Waals surface area contributed by atoms with Crippen LogP contribution in [-0.2, 0) is 0 Å². The van der Waals surface area contributed by atoms with Crippen molar-refractivity contribution in [2.75, 3.05) is 5.73 Å². The van der Waals surface area contributed by atoms with E-state index in [1.807, 2.05) is 0 Å². The largest absolute Gasteiger partial charge is 0.398 e. The molecule has 1 aromatic rings. The van der Waals surface area contributed by atoms with Crippen LogP contribution in [0.2, 0.25) is 0 Å². The Bertz CT molecular complexity index is 375. The van der Waals surface area contributed by atoms with Crippen molar-refractivity contribution in [3.8, 4) is 0 Å². The summed E-state index contributed by atoms with van der Waals surface area (Å²) in [5.74, 6) is -1.32. The quantitative estimate of drug-likeness (QED) is 0.536. The Kier molecular flexibility index (Phi) is 0.502. The average Bonchev–Trinajstić information content (AvgIpc) is 1.97. The molecule has 0 aliphatic carbocycles. The predicted molar refractivity (Wildman–Crippen MR) is 33.3 cm³/mol. The van der Waals surface area contributed by atoms with Crippen molar-refractivity contribution >= 4 is 5.69 Å². The van der Waals surface area contributed by atoms with Crippen molar-refractivity contribution in [2.24, 2.45) is 0 Å². The van der Waals surface area contributed by atoms with Gasteiger partial charge in [0.25, 0.3) is 0 Å². The van der Waals surface area contributed by atoms with Gasteiger partial charge in [-0.25, -0.2) is 4.98 Å². The number of anilines is 1. The second kappa shape index (κ2) is 2.01. The first kappa shape index (κ1) is 2.25. The summed E-state index contributed by atoms with van der Waals surface area (Å²) in [6.45, 7) is -2.76. The fourth-order valence-electron chi connectivity index (χ4n) is 0.367. The number of halogens is 1. The molecule has 0 saturated carbocycles. The Hall–Kier alpha value is -1.12. The second-order valence-electron chi connectivity index (χ2n) is 1.43. The van der Waals surface area contributed by atoms with Crippen molar-refractivity contribution < 1.29 is 11.2 Å². The average molecular weight is 131 g/mol. The Morgan fingerprint density at radius 1 is 2.00 bits per heavy atom. The first-order valence-corrected chi connectivity index (χ1v) is 2.17. The van der Waals surface area contributed by atoms with Gasteiger partial charge in [0, 0.05) is 21.5 Å². The second-order valence-corrected chi connectivity index (χ2v) is 1.43. The molecular formula is C6H7FN2. The monoisotopic (exact) mass is 131 g/mol. The highest BCUT2D eigenvalue weighted by Crippen LogP contribution is 2.09. The van der Waals surface area contributed by atoms with Gasteiger partial charge < -0.3 is 5.73 Å². The Morgan fingerprint density at radius 2 is 2.78 bits per heavy atom.